The minimum atomic E-state index is -0.323. The molecule has 0 atom stereocenters. The number of carbonyl (C=O) groups is 1. The molecule has 1 amide bonds. The van der Waals surface area contributed by atoms with Gasteiger partial charge in [-0.25, -0.2) is 14.3 Å². The number of hydrogen-bond acceptors (Lipinski definition) is 5. The summed E-state index contributed by atoms with van der Waals surface area (Å²) in [7, 11) is 0. The van der Waals surface area contributed by atoms with Gasteiger partial charge >= 0.3 is 0 Å². The Labute approximate surface area is 173 Å². The Morgan fingerprint density at radius 3 is 2.43 bits per heavy atom. The van der Waals surface area contributed by atoms with E-state index in [1.54, 1.807) is 35.3 Å². The maximum Gasteiger partial charge on any atom is 0.274 e. The van der Waals surface area contributed by atoms with Crippen LogP contribution in [0.1, 0.15) is 41.5 Å². The summed E-state index contributed by atoms with van der Waals surface area (Å²) in [5.41, 5.74) is 2.05. The maximum atomic E-state index is 13.0. The zero-order valence-corrected chi connectivity index (χ0v) is 16.8. The quantitative estimate of drug-likeness (QED) is 0.535. The van der Waals surface area contributed by atoms with Crippen molar-refractivity contribution in [3.8, 4) is 0 Å². The molecule has 0 saturated carbocycles. The Bertz CT molecular complexity index is 1240. The second-order valence-electron chi connectivity index (χ2n) is 7.28. The zero-order valence-electron chi connectivity index (χ0n) is 16.8. The van der Waals surface area contributed by atoms with Crippen LogP contribution in [-0.2, 0) is 13.1 Å². The van der Waals surface area contributed by atoms with Crippen molar-refractivity contribution >= 4 is 16.7 Å². The molecular formula is C22H22N6O2. The molecular weight excluding hydrogens is 380 g/mol. The third-order valence-electron chi connectivity index (χ3n) is 4.89. The van der Waals surface area contributed by atoms with Gasteiger partial charge in [0.2, 0.25) is 0 Å². The molecule has 4 aromatic rings. The third-order valence-corrected chi connectivity index (χ3v) is 4.89. The average Bonchev–Trinajstić information content (AvgIpc) is 3.26. The number of nitrogens with zero attached hydrogens (tertiary/aromatic N) is 5. The first kappa shape index (κ1) is 19.5. The number of aromatic nitrogens is 5. The second-order valence-corrected chi connectivity index (χ2v) is 7.28. The third kappa shape index (κ3) is 3.84. The summed E-state index contributed by atoms with van der Waals surface area (Å²) in [6.07, 6.45) is 3.14. The van der Waals surface area contributed by atoms with Crippen molar-refractivity contribution in [1.29, 1.82) is 0 Å². The van der Waals surface area contributed by atoms with Crippen LogP contribution in [0.25, 0.3) is 10.8 Å². The van der Waals surface area contributed by atoms with Gasteiger partial charge in [-0.2, -0.15) is 10.2 Å². The summed E-state index contributed by atoms with van der Waals surface area (Å²) < 4.78 is 3.09. The molecule has 8 heteroatoms. The minimum absolute atomic E-state index is 0.155. The van der Waals surface area contributed by atoms with Gasteiger partial charge in [-0.15, -0.1) is 0 Å². The lowest BCUT2D eigenvalue weighted by atomic mass is 10.1. The molecule has 0 aliphatic carbocycles. The number of benzene rings is 2. The Hall–Kier alpha value is -3.81. The predicted octanol–water partition coefficient (Wildman–Crippen LogP) is 2.55. The molecule has 0 radical (unpaired) electrons. The van der Waals surface area contributed by atoms with Gasteiger partial charge in [0.05, 0.1) is 18.0 Å². The standard InChI is InChI=1S/C22H22N6O2/c1-15(2)28-22(30)19-10-6-5-9-18(19)20(26-28)21(29)24-11-16-7-3-4-8-17(16)12-27-14-23-13-25-27/h3-10,13-15H,11-12H2,1-2H3,(H,24,29). The number of hydrogen-bond donors (Lipinski definition) is 1. The molecule has 152 valence electrons. The molecule has 2 aromatic heterocycles. The van der Waals surface area contributed by atoms with E-state index in [2.05, 4.69) is 20.5 Å². The van der Waals surface area contributed by atoms with Gasteiger partial charge in [0.15, 0.2) is 5.69 Å². The molecule has 2 aromatic carbocycles. The number of rotatable bonds is 6. The lowest BCUT2D eigenvalue weighted by Gasteiger charge is -2.14. The van der Waals surface area contributed by atoms with Gasteiger partial charge in [0.1, 0.15) is 12.7 Å². The van der Waals surface area contributed by atoms with Gasteiger partial charge in [-0.1, -0.05) is 42.5 Å². The molecule has 4 rings (SSSR count). The minimum Gasteiger partial charge on any atom is -0.347 e. The SMILES string of the molecule is CC(C)n1nc(C(=O)NCc2ccccc2Cn2cncn2)c2ccccc2c1=O. The van der Waals surface area contributed by atoms with E-state index in [4.69, 9.17) is 0 Å². The van der Waals surface area contributed by atoms with Crippen molar-refractivity contribution < 1.29 is 4.79 Å². The Kier molecular flexibility index (Phi) is 5.38. The first-order valence-electron chi connectivity index (χ1n) is 9.73. The van der Waals surface area contributed by atoms with Crippen molar-refractivity contribution in [2.24, 2.45) is 0 Å². The molecule has 0 fully saturated rings. The topological polar surface area (TPSA) is 94.7 Å². The predicted molar refractivity (Wildman–Crippen MR) is 113 cm³/mol. The average molecular weight is 402 g/mol. The highest BCUT2D eigenvalue weighted by Crippen LogP contribution is 2.16. The van der Waals surface area contributed by atoms with Crippen molar-refractivity contribution in [3.05, 3.63) is 88.4 Å². The van der Waals surface area contributed by atoms with Crippen molar-refractivity contribution in [2.75, 3.05) is 0 Å². The van der Waals surface area contributed by atoms with E-state index in [-0.39, 0.29) is 23.2 Å². The molecule has 2 heterocycles. The normalized spacial score (nSPS) is 11.2. The van der Waals surface area contributed by atoms with E-state index < -0.39 is 0 Å². The molecule has 0 aliphatic heterocycles. The highest BCUT2D eigenvalue weighted by Gasteiger charge is 2.18. The van der Waals surface area contributed by atoms with Crippen molar-refractivity contribution in [3.63, 3.8) is 0 Å². The number of nitrogens with one attached hydrogen (secondary N) is 1. The number of amides is 1. The summed E-state index contributed by atoms with van der Waals surface area (Å²) in [5, 5.41) is 12.5. The van der Waals surface area contributed by atoms with Crippen LogP contribution >= 0.6 is 0 Å². The van der Waals surface area contributed by atoms with Crippen LogP contribution in [0.5, 0.6) is 0 Å². The van der Waals surface area contributed by atoms with Gasteiger partial charge < -0.3 is 5.32 Å². The molecule has 0 saturated heterocycles. The molecule has 0 unspecified atom stereocenters. The zero-order chi connectivity index (χ0) is 21.1. The van der Waals surface area contributed by atoms with Crippen LogP contribution < -0.4 is 10.9 Å². The highest BCUT2D eigenvalue weighted by atomic mass is 16.2. The van der Waals surface area contributed by atoms with Crippen LogP contribution in [0.3, 0.4) is 0 Å². The first-order chi connectivity index (χ1) is 14.5. The summed E-state index contributed by atoms with van der Waals surface area (Å²) in [6.45, 7) is 4.63. The van der Waals surface area contributed by atoms with Crippen molar-refractivity contribution in [2.45, 2.75) is 33.0 Å². The van der Waals surface area contributed by atoms with Crippen LogP contribution in [0, 0.1) is 0 Å². The van der Waals surface area contributed by atoms with Gasteiger partial charge in [-0.3, -0.25) is 9.59 Å². The van der Waals surface area contributed by atoms with E-state index in [0.717, 1.165) is 11.1 Å². The number of carbonyl (C=O) groups excluding carboxylic acids is 1. The number of fused-ring (bicyclic) bond motifs is 1. The fourth-order valence-electron chi connectivity index (χ4n) is 3.36. The monoisotopic (exact) mass is 402 g/mol. The summed E-state index contributed by atoms with van der Waals surface area (Å²) >= 11 is 0. The van der Waals surface area contributed by atoms with Crippen LogP contribution in [0.2, 0.25) is 0 Å². The Morgan fingerprint density at radius 1 is 1.03 bits per heavy atom. The lowest BCUT2D eigenvalue weighted by Crippen LogP contribution is -2.31. The Morgan fingerprint density at radius 2 is 1.73 bits per heavy atom. The van der Waals surface area contributed by atoms with Gasteiger partial charge in [0, 0.05) is 11.9 Å². The largest absolute Gasteiger partial charge is 0.347 e. The molecule has 8 nitrogen and oxygen atoms in total. The van der Waals surface area contributed by atoms with E-state index >= 15 is 0 Å². The molecule has 30 heavy (non-hydrogen) atoms. The van der Waals surface area contributed by atoms with E-state index in [9.17, 15) is 9.59 Å². The van der Waals surface area contributed by atoms with E-state index in [1.807, 2.05) is 38.1 Å². The lowest BCUT2D eigenvalue weighted by molar-refractivity contribution is 0.0945. The fraction of sp³-hybridized carbons (Fsp3) is 0.227. The molecule has 1 N–H and O–H groups in total. The first-order valence-corrected chi connectivity index (χ1v) is 9.73. The van der Waals surface area contributed by atoms with E-state index in [1.165, 1.54) is 11.0 Å². The fourth-order valence-corrected chi connectivity index (χ4v) is 3.36. The van der Waals surface area contributed by atoms with Gasteiger partial charge in [-0.05, 0) is 31.0 Å². The second kappa shape index (κ2) is 8.28. The maximum absolute atomic E-state index is 13.0. The summed E-state index contributed by atoms with van der Waals surface area (Å²) in [5.74, 6) is -0.323. The molecule has 0 spiro atoms. The van der Waals surface area contributed by atoms with Crippen LogP contribution in [0.4, 0.5) is 0 Å². The molecule has 0 aliphatic rings. The van der Waals surface area contributed by atoms with Crippen molar-refractivity contribution in [1.82, 2.24) is 29.9 Å². The van der Waals surface area contributed by atoms with E-state index in [0.29, 0.717) is 23.9 Å². The summed E-state index contributed by atoms with van der Waals surface area (Å²) in [4.78, 5) is 29.7. The summed E-state index contributed by atoms with van der Waals surface area (Å²) in [6, 6.07) is 14.7. The van der Waals surface area contributed by atoms with Gasteiger partial charge in [0.25, 0.3) is 11.5 Å². The Balaban J connectivity index is 1.62. The van der Waals surface area contributed by atoms with Crippen LogP contribution in [-0.4, -0.2) is 30.5 Å². The highest BCUT2D eigenvalue weighted by molar-refractivity contribution is 6.04. The molecule has 0 bridgehead atoms. The smallest absolute Gasteiger partial charge is 0.274 e. The van der Waals surface area contributed by atoms with Crippen LogP contribution in [0.15, 0.2) is 66.0 Å².